The molecule has 0 saturated carbocycles. The molecule has 0 spiro atoms. The summed E-state index contributed by atoms with van der Waals surface area (Å²) in [5, 5.41) is 17.6. The van der Waals surface area contributed by atoms with Gasteiger partial charge in [0.2, 0.25) is 11.1 Å². The van der Waals surface area contributed by atoms with E-state index in [1.54, 1.807) is 34.9 Å². The Balaban J connectivity index is 1.47. The Kier molecular flexibility index (Phi) is 7.02. The van der Waals surface area contributed by atoms with E-state index in [-0.39, 0.29) is 5.91 Å². The topological polar surface area (TPSA) is 76.8 Å². The highest BCUT2D eigenvalue weighted by Gasteiger charge is 2.22. The highest BCUT2D eigenvalue weighted by atomic mass is 32.2. The number of tetrazole rings is 1. The Morgan fingerprint density at radius 2 is 1.97 bits per heavy atom. The number of thiazole rings is 1. The van der Waals surface area contributed by atoms with Gasteiger partial charge in [0.1, 0.15) is 0 Å². The van der Waals surface area contributed by atoms with Crippen LogP contribution in [0.2, 0.25) is 0 Å². The van der Waals surface area contributed by atoms with Crippen molar-refractivity contribution in [1.29, 1.82) is 0 Å². The fourth-order valence-electron chi connectivity index (χ4n) is 3.63. The van der Waals surface area contributed by atoms with Crippen molar-refractivity contribution in [2.24, 2.45) is 0 Å². The quantitative estimate of drug-likeness (QED) is 0.314. The summed E-state index contributed by atoms with van der Waals surface area (Å²) in [6.45, 7) is 8.45. The molecule has 166 valence electrons. The molecule has 0 aliphatic rings. The van der Waals surface area contributed by atoms with E-state index < -0.39 is 0 Å². The van der Waals surface area contributed by atoms with Crippen molar-refractivity contribution in [1.82, 2.24) is 25.2 Å². The Morgan fingerprint density at radius 3 is 2.66 bits per heavy atom. The van der Waals surface area contributed by atoms with Crippen molar-refractivity contribution in [3.8, 4) is 0 Å². The summed E-state index contributed by atoms with van der Waals surface area (Å²) in [5.41, 5.74) is 5.12. The zero-order chi connectivity index (χ0) is 22.7. The third-order valence-electron chi connectivity index (χ3n) is 4.90. The van der Waals surface area contributed by atoms with Crippen molar-refractivity contribution >= 4 is 51.2 Å². The van der Waals surface area contributed by atoms with Gasteiger partial charge >= 0.3 is 0 Å². The lowest BCUT2D eigenvalue weighted by molar-refractivity contribution is -0.115. The molecule has 3 heterocycles. The van der Waals surface area contributed by atoms with Gasteiger partial charge in [-0.05, 0) is 53.8 Å². The zero-order valence-electron chi connectivity index (χ0n) is 18.4. The van der Waals surface area contributed by atoms with E-state index in [0.717, 1.165) is 40.6 Å². The van der Waals surface area contributed by atoms with Crippen LogP contribution in [0.5, 0.6) is 0 Å². The number of benzene rings is 1. The van der Waals surface area contributed by atoms with Crippen LogP contribution in [0.15, 0.2) is 40.2 Å². The molecule has 0 bridgehead atoms. The van der Waals surface area contributed by atoms with Crippen LogP contribution < -0.4 is 4.90 Å². The zero-order valence-corrected chi connectivity index (χ0v) is 20.9. The van der Waals surface area contributed by atoms with Crippen LogP contribution in [0.1, 0.15) is 34.2 Å². The molecule has 4 rings (SSSR count). The summed E-state index contributed by atoms with van der Waals surface area (Å²) in [6.07, 6.45) is 0.903. The SMILES string of the molecule is CC(=O)N(c1nc(CSc2nnnn2CCc2cccs2)cs1)c1c(C)cc(C)cc1C. The molecule has 7 nitrogen and oxygen atoms in total. The van der Waals surface area contributed by atoms with Crippen LogP contribution in [0, 0.1) is 20.8 Å². The number of thioether (sulfide) groups is 1. The Hall–Kier alpha value is -2.56. The van der Waals surface area contributed by atoms with E-state index in [1.807, 2.05) is 23.9 Å². The monoisotopic (exact) mass is 484 g/mol. The number of amides is 1. The minimum atomic E-state index is -0.0499. The highest BCUT2D eigenvalue weighted by molar-refractivity contribution is 7.98. The molecule has 0 aliphatic heterocycles. The number of hydrogen-bond donors (Lipinski definition) is 0. The number of nitrogens with zero attached hydrogens (tertiary/aromatic N) is 6. The summed E-state index contributed by atoms with van der Waals surface area (Å²) < 4.78 is 1.83. The largest absolute Gasteiger partial charge is 0.274 e. The molecule has 10 heteroatoms. The van der Waals surface area contributed by atoms with Gasteiger partial charge < -0.3 is 0 Å². The normalized spacial score (nSPS) is 11.1. The van der Waals surface area contributed by atoms with Crippen LogP contribution >= 0.6 is 34.4 Å². The molecule has 0 N–H and O–H groups in total. The van der Waals surface area contributed by atoms with E-state index in [2.05, 4.69) is 52.1 Å². The summed E-state index contributed by atoms with van der Waals surface area (Å²) in [4.78, 5) is 20.3. The first kappa shape index (κ1) is 22.6. The van der Waals surface area contributed by atoms with E-state index in [1.165, 1.54) is 21.8 Å². The lowest BCUT2D eigenvalue weighted by Gasteiger charge is -2.23. The van der Waals surface area contributed by atoms with Crippen LogP contribution in [-0.2, 0) is 23.5 Å². The predicted octanol–water partition coefficient (Wildman–Crippen LogP) is 5.34. The summed E-state index contributed by atoms with van der Waals surface area (Å²) in [7, 11) is 0. The van der Waals surface area contributed by atoms with Gasteiger partial charge in [-0.2, -0.15) is 0 Å². The van der Waals surface area contributed by atoms with Crippen molar-refractivity contribution in [3.63, 3.8) is 0 Å². The second-order valence-electron chi connectivity index (χ2n) is 7.53. The van der Waals surface area contributed by atoms with Gasteiger partial charge in [0.05, 0.1) is 17.9 Å². The predicted molar refractivity (Wildman–Crippen MR) is 131 cm³/mol. The number of thiophene rings is 1. The molecule has 0 fully saturated rings. The molecular formula is C22H24N6OS3. The molecule has 32 heavy (non-hydrogen) atoms. The number of aryl methyl sites for hydroxylation is 5. The lowest BCUT2D eigenvalue weighted by Crippen LogP contribution is -2.24. The number of aromatic nitrogens is 5. The molecule has 0 aliphatic carbocycles. The average Bonchev–Trinajstić information content (AvgIpc) is 3.49. The second-order valence-corrected chi connectivity index (χ2v) is 10.3. The molecule has 0 unspecified atom stereocenters. The number of carbonyl (C=O) groups is 1. The van der Waals surface area contributed by atoms with Crippen LogP contribution in [0.3, 0.4) is 0 Å². The molecular weight excluding hydrogens is 460 g/mol. The van der Waals surface area contributed by atoms with E-state index >= 15 is 0 Å². The molecule has 0 atom stereocenters. The maximum absolute atomic E-state index is 12.6. The molecule has 1 amide bonds. The number of anilines is 2. The first-order valence-corrected chi connectivity index (χ1v) is 12.9. The third kappa shape index (κ3) is 5.08. The van der Waals surface area contributed by atoms with Crippen molar-refractivity contribution in [3.05, 3.63) is 62.3 Å². The Labute approximate surface area is 199 Å². The van der Waals surface area contributed by atoms with E-state index in [0.29, 0.717) is 10.9 Å². The smallest absolute Gasteiger partial charge is 0.230 e. The summed E-state index contributed by atoms with van der Waals surface area (Å²) >= 11 is 4.77. The fourth-order valence-corrected chi connectivity index (χ4v) is 6.10. The van der Waals surface area contributed by atoms with Gasteiger partial charge in [0.15, 0.2) is 5.13 Å². The highest BCUT2D eigenvalue weighted by Crippen LogP contribution is 2.35. The third-order valence-corrected chi connectivity index (χ3v) is 7.70. The average molecular weight is 485 g/mol. The number of hydrogen-bond acceptors (Lipinski definition) is 8. The van der Waals surface area contributed by atoms with Gasteiger partial charge in [-0.25, -0.2) is 9.67 Å². The van der Waals surface area contributed by atoms with Gasteiger partial charge in [-0.1, -0.05) is 35.5 Å². The van der Waals surface area contributed by atoms with Gasteiger partial charge in [-0.15, -0.1) is 27.8 Å². The van der Waals surface area contributed by atoms with Crippen molar-refractivity contribution in [2.75, 3.05) is 4.90 Å². The summed E-state index contributed by atoms with van der Waals surface area (Å²) in [5.74, 6) is 0.583. The Bertz CT molecular complexity index is 1190. The number of carbonyl (C=O) groups excluding carboxylic acids is 1. The van der Waals surface area contributed by atoms with Crippen molar-refractivity contribution in [2.45, 2.75) is 51.6 Å². The van der Waals surface area contributed by atoms with Gasteiger partial charge in [0.25, 0.3) is 0 Å². The van der Waals surface area contributed by atoms with Gasteiger partial charge in [0, 0.05) is 29.4 Å². The van der Waals surface area contributed by atoms with E-state index in [9.17, 15) is 4.79 Å². The minimum absolute atomic E-state index is 0.0499. The Morgan fingerprint density at radius 1 is 1.19 bits per heavy atom. The molecule has 0 radical (unpaired) electrons. The van der Waals surface area contributed by atoms with Crippen LogP contribution in [0.4, 0.5) is 10.8 Å². The first-order valence-electron chi connectivity index (χ1n) is 10.2. The molecule has 1 aromatic carbocycles. The van der Waals surface area contributed by atoms with Crippen LogP contribution in [-0.4, -0.2) is 31.1 Å². The van der Waals surface area contributed by atoms with Crippen LogP contribution in [0.25, 0.3) is 0 Å². The molecule has 0 saturated heterocycles. The molecule has 3 aromatic heterocycles. The standard InChI is InChI=1S/C22H24N6OS3/c1-14-10-15(2)20(16(3)11-14)28(17(4)29)21-23-18(12-31-21)13-32-22-24-25-26-27(22)8-7-19-6-5-9-30-19/h5-6,9-12H,7-8,13H2,1-4H3. The number of rotatable bonds is 8. The van der Waals surface area contributed by atoms with E-state index in [4.69, 9.17) is 4.98 Å². The second kappa shape index (κ2) is 9.93. The maximum atomic E-state index is 12.6. The minimum Gasteiger partial charge on any atom is -0.274 e. The van der Waals surface area contributed by atoms with Gasteiger partial charge in [-0.3, -0.25) is 9.69 Å². The van der Waals surface area contributed by atoms with Crippen molar-refractivity contribution < 1.29 is 4.79 Å². The fraction of sp³-hybridized carbons (Fsp3) is 0.318. The summed E-state index contributed by atoms with van der Waals surface area (Å²) in [6, 6.07) is 8.37. The maximum Gasteiger partial charge on any atom is 0.230 e. The lowest BCUT2D eigenvalue weighted by atomic mass is 10.0. The molecule has 4 aromatic rings. The first-order chi connectivity index (χ1) is 15.4.